The minimum atomic E-state index is -0.392. The van der Waals surface area contributed by atoms with Gasteiger partial charge in [-0.25, -0.2) is 4.39 Å². The Morgan fingerprint density at radius 3 is 2.71 bits per heavy atom. The lowest BCUT2D eigenvalue weighted by atomic mass is 10.1. The van der Waals surface area contributed by atoms with E-state index in [1.165, 1.54) is 17.4 Å². The van der Waals surface area contributed by atoms with Gasteiger partial charge in [0, 0.05) is 4.88 Å². The van der Waals surface area contributed by atoms with Crippen molar-refractivity contribution in [3.05, 3.63) is 54.9 Å². The van der Waals surface area contributed by atoms with Crippen molar-refractivity contribution in [3.8, 4) is 0 Å². The highest BCUT2D eigenvalue weighted by Crippen LogP contribution is 2.40. The van der Waals surface area contributed by atoms with Gasteiger partial charge in [0.25, 0.3) is 0 Å². The summed E-state index contributed by atoms with van der Waals surface area (Å²) in [6.45, 7) is 1.92. The second-order valence-electron chi connectivity index (χ2n) is 3.61. The lowest BCUT2D eigenvalue weighted by Crippen LogP contribution is -1.93. The number of aryl methyl sites for hydroxylation is 1. The summed E-state index contributed by atoms with van der Waals surface area (Å²) in [5.74, 6) is -0.312. The fourth-order valence-corrected chi connectivity index (χ4v) is 3.70. The van der Waals surface area contributed by atoms with E-state index >= 15 is 0 Å². The van der Waals surface area contributed by atoms with Crippen molar-refractivity contribution >= 4 is 50.5 Å². The lowest BCUT2D eigenvalue weighted by Gasteiger charge is -2.10. The molecule has 2 rings (SSSR count). The van der Waals surface area contributed by atoms with Gasteiger partial charge < -0.3 is 0 Å². The first-order valence-electron chi connectivity index (χ1n) is 4.84. The van der Waals surface area contributed by atoms with Crippen molar-refractivity contribution in [2.45, 2.75) is 12.3 Å². The third-order valence-corrected chi connectivity index (χ3v) is 5.44. The molecule has 0 aliphatic carbocycles. The van der Waals surface area contributed by atoms with Crippen molar-refractivity contribution in [1.82, 2.24) is 0 Å². The van der Waals surface area contributed by atoms with Crippen LogP contribution in [0.3, 0.4) is 0 Å². The molecule has 1 aromatic carbocycles. The standard InChI is InChI=1S/C12H8BrCl2FS/c1-6-5-9(17-12(6)15)11(14)7-3-2-4-8(16)10(7)13/h2-5,11H,1H3. The molecular formula is C12H8BrCl2FS. The van der Waals surface area contributed by atoms with Crippen molar-refractivity contribution < 1.29 is 4.39 Å². The molecule has 0 nitrogen and oxygen atoms in total. The summed E-state index contributed by atoms with van der Waals surface area (Å²) in [5.41, 5.74) is 1.70. The second kappa shape index (κ2) is 5.27. The van der Waals surface area contributed by atoms with Crippen molar-refractivity contribution in [2.75, 3.05) is 0 Å². The smallest absolute Gasteiger partial charge is 0.137 e. The summed E-state index contributed by atoms with van der Waals surface area (Å²) in [6.07, 6.45) is 0. The maximum Gasteiger partial charge on any atom is 0.137 e. The van der Waals surface area contributed by atoms with Gasteiger partial charge in [-0.3, -0.25) is 0 Å². The highest BCUT2D eigenvalue weighted by molar-refractivity contribution is 9.10. The van der Waals surface area contributed by atoms with E-state index in [1.807, 2.05) is 13.0 Å². The molecule has 0 spiro atoms. The summed E-state index contributed by atoms with van der Waals surface area (Å²) >= 11 is 17.0. The average Bonchev–Trinajstić information content (AvgIpc) is 2.62. The van der Waals surface area contributed by atoms with E-state index in [0.717, 1.165) is 14.8 Å². The molecule has 1 atom stereocenters. The molecule has 1 aromatic heterocycles. The molecule has 0 aliphatic rings. The van der Waals surface area contributed by atoms with Crippen LogP contribution in [0.15, 0.2) is 28.7 Å². The van der Waals surface area contributed by atoms with Gasteiger partial charge in [-0.05, 0) is 46.1 Å². The number of hydrogen-bond donors (Lipinski definition) is 0. The predicted molar refractivity (Wildman–Crippen MR) is 75.9 cm³/mol. The first kappa shape index (κ1) is 13.3. The van der Waals surface area contributed by atoms with Crippen molar-refractivity contribution in [2.24, 2.45) is 0 Å². The number of hydrogen-bond acceptors (Lipinski definition) is 1. The molecule has 0 radical (unpaired) electrons. The van der Waals surface area contributed by atoms with Gasteiger partial charge in [0.1, 0.15) is 5.82 Å². The Bertz CT molecular complexity index is 534. The first-order chi connectivity index (χ1) is 8.00. The van der Waals surface area contributed by atoms with Crippen LogP contribution in [-0.4, -0.2) is 0 Å². The zero-order valence-electron chi connectivity index (χ0n) is 8.81. The highest BCUT2D eigenvalue weighted by atomic mass is 79.9. The maximum absolute atomic E-state index is 13.4. The Morgan fingerprint density at radius 2 is 2.12 bits per heavy atom. The molecule has 0 fully saturated rings. The number of halogens is 4. The third kappa shape index (κ3) is 2.68. The molecule has 17 heavy (non-hydrogen) atoms. The molecule has 2 aromatic rings. The molecule has 5 heteroatoms. The number of rotatable bonds is 2. The lowest BCUT2D eigenvalue weighted by molar-refractivity contribution is 0.618. The van der Waals surface area contributed by atoms with Crippen LogP contribution in [0, 0.1) is 12.7 Å². The van der Waals surface area contributed by atoms with Gasteiger partial charge in [0.05, 0.1) is 14.2 Å². The van der Waals surface area contributed by atoms with Crippen LogP contribution in [0.1, 0.15) is 21.4 Å². The normalized spacial score (nSPS) is 12.8. The fraction of sp³-hybridized carbons (Fsp3) is 0.167. The van der Waals surface area contributed by atoms with Gasteiger partial charge in [-0.15, -0.1) is 22.9 Å². The molecule has 0 saturated carbocycles. The largest absolute Gasteiger partial charge is 0.206 e. The summed E-state index contributed by atoms with van der Waals surface area (Å²) in [6, 6.07) is 6.77. The second-order valence-corrected chi connectivity index (χ2v) is 6.53. The maximum atomic E-state index is 13.4. The Balaban J connectivity index is 2.43. The van der Waals surface area contributed by atoms with Gasteiger partial charge in [-0.1, -0.05) is 23.7 Å². The molecule has 0 bridgehead atoms. The number of thiophene rings is 1. The molecule has 1 unspecified atom stereocenters. The van der Waals surface area contributed by atoms with E-state index in [2.05, 4.69) is 15.9 Å². The van der Waals surface area contributed by atoms with Crippen LogP contribution in [0.25, 0.3) is 0 Å². The van der Waals surface area contributed by atoms with Gasteiger partial charge >= 0.3 is 0 Å². The van der Waals surface area contributed by atoms with Crippen LogP contribution in [0.4, 0.5) is 4.39 Å². The number of benzene rings is 1. The SMILES string of the molecule is Cc1cc(C(Cl)c2cccc(F)c2Br)sc1Cl. The van der Waals surface area contributed by atoms with Crippen LogP contribution >= 0.6 is 50.5 Å². The van der Waals surface area contributed by atoms with Gasteiger partial charge in [0.15, 0.2) is 0 Å². The first-order valence-corrected chi connectivity index (χ1v) is 7.27. The monoisotopic (exact) mass is 352 g/mol. The summed E-state index contributed by atoms with van der Waals surface area (Å²) in [7, 11) is 0. The minimum Gasteiger partial charge on any atom is -0.206 e. The van der Waals surface area contributed by atoms with Crippen LogP contribution in [0.2, 0.25) is 4.34 Å². The molecule has 0 saturated heterocycles. The van der Waals surface area contributed by atoms with E-state index < -0.39 is 5.38 Å². The molecule has 0 N–H and O–H groups in total. The Morgan fingerprint density at radius 1 is 1.41 bits per heavy atom. The predicted octanol–water partition coefficient (Wildman–Crippen LogP) is 5.94. The zero-order chi connectivity index (χ0) is 12.6. The topological polar surface area (TPSA) is 0 Å². The fourth-order valence-electron chi connectivity index (χ4n) is 1.48. The third-order valence-electron chi connectivity index (χ3n) is 2.38. The van der Waals surface area contributed by atoms with Crippen LogP contribution in [-0.2, 0) is 0 Å². The Hall–Kier alpha value is -0.0900. The van der Waals surface area contributed by atoms with E-state index in [1.54, 1.807) is 12.1 Å². The Kier molecular flexibility index (Phi) is 4.14. The van der Waals surface area contributed by atoms with Crippen LogP contribution in [0.5, 0.6) is 0 Å². The van der Waals surface area contributed by atoms with Crippen LogP contribution < -0.4 is 0 Å². The minimum absolute atomic E-state index is 0.312. The van der Waals surface area contributed by atoms with E-state index in [9.17, 15) is 4.39 Å². The van der Waals surface area contributed by atoms with E-state index in [-0.39, 0.29) is 5.82 Å². The van der Waals surface area contributed by atoms with E-state index in [4.69, 9.17) is 23.2 Å². The van der Waals surface area contributed by atoms with Gasteiger partial charge in [-0.2, -0.15) is 0 Å². The Labute approximate surface area is 121 Å². The van der Waals surface area contributed by atoms with Crippen molar-refractivity contribution in [1.29, 1.82) is 0 Å². The molecule has 0 amide bonds. The number of alkyl halides is 1. The summed E-state index contributed by atoms with van der Waals surface area (Å²) in [5, 5.41) is -0.392. The van der Waals surface area contributed by atoms with Crippen molar-refractivity contribution in [3.63, 3.8) is 0 Å². The molecule has 1 heterocycles. The molecular weight excluding hydrogens is 346 g/mol. The van der Waals surface area contributed by atoms with Gasteiger partial charge in [0.2, 0.25) is 0 Å². The zero-order valence-corrected chi connectivity index (χ0v) is 12.7. The molecule has 90 valence electrons. The quantitative estimate of drug-likeness (QED) is 0.586. The van der Waals surface area contributed by atoms with E-state index in [0.29, 0.717) is 10.0 Å². The summed E-state index contributed by atoms with van der Waals surface area (Å²) < 4.78 is 14.5. The molecule has 0 aliphatic heterocycles. The summed E-state index contributed by atoms with van der Waals surface area (Å²) in [4.78, 5) is 0.917. The highest BCUT2D eigenvalue weighted by Gasteiger charge is 2.18. The average molecular weight is 354 g/mol.